The van der Waals surface area contributed by atoms with Gasteiger partial charge in [0, 0.05) is 19.0 Å². The molecule has 2 saturated heterocycles. The smallest absolute Gasteiger partial charge is 0.276 e. The van der Waals surface area contributed by atoms with Gasteiger partial charge in [0.2, 0.25) is 0 Å². The largest absolute Gasteiger partial charge is 0.469 e. The van der Waals surface area contributed by atoms with Crippen LogP contribution in [-0.2, 0) is 4.74 Å². The van der Waals surface area contributed by atoms with E-state index in [1.807, 2.05) is 12.1 Å². The summed E-state index contributed by atoms with van der Waals surface area (Å²) in [5, 5.41) is 17.8. The van der Waals surface area contributed by atoms with Gasteiger partial charge in [0.15, 0.2) is 5.69 Å². The average Bonchev–Trinajstić information content (AvgIpc) is 3.35. The second kappa shape index (κ2) is 6.37. The molecule has 2 atom stereocenters. The zero-order valence-electron chi connectivity index (χ0n) is 13.2. The average molecular weight is 332 g/mol. The molecule has 2 aromatic heterocycles. The number of aliphatic hydroxyl groups excluding tert-OH is 1. The Kier molecular flexibility index (Phi) is 4.07. The van der Waals surface area contributed by atoms with Crippen molar-refractivity contribution in [1.29, 1.82) is 0 Å². The fourth-order valence-corrected chi connectivity index (χ4v) is 3.37. The number of furan rings is 1. The minimum atomic E-state index is -0.612. The van der Waals surface area contributed by atoms with Crippen LogP contribution in [0.3, 0.4) is 0 Å². The molecule has 4 rings (SSSR count). The number of ether oxygens (including phenoxy) is 1. The summed E-state index contributed by atoms with van der Waals surface area (Å²) in [5.41, 5.74) is 0.311. The van der Waals surface area contributed by atoms with Gasteiger partial charge in [0.1, 0.15) is 17.9 Å². The molecule has 0 spiro atoms. The number of carbonyl (C=O) groups is 1. The quantitative estimate of drug-likeness (QED) is 0.894. The maximum absolute atomic E-state index is 12.6. The number of amides is 1. The van der Waals surface area contributed by atoms with Crippen LogP contribution in [0.2, 0.25) is 0 Å². The number of piperidine rings is 1. The van der Waals surface area contributed by atoms with E-state index in [0.717, 1.165) is 18.6 Å². The van der Waals surface area contributed by atoms with Crippen LogP contribution in [0.25, 0.3) is 0 Å². The van der Waals surface area contributed by atoms with Gasteiger partial charge in [-0.05, 0) is 25.0 Å². The van der Waals surface area contributed by atoms with E-state index in [4.69, 9.17) is 9.15 Å². The van der Waals surface area contributed by atoms with Crippen molar-refractivity contribution in [2.45, 2.75) is 30.9 Å². The van der Waals surface area contributed by atoms with E-state index in [0.29, 0.717) is 31.3 Å². The number of carbonyl (C=O) groups excluding carboxylic acids is 1. The number of hydrogen-bond donors (Lipinski definition) is 1. The molecule has 2 aliphatic rings. The lowest BCUT2D eigenvalue weighted by molar-refractivity contribution is 0.0701. The van der Waals surface area contributed by atoms with E-state index in [9.17, 15) is 9.90 Å². The summed E-state index contributed by atoms with van der Waals surface area (Å²) in [4.78, 5) is 14.4. The van der Waals surface area contributed by atoms with Crippen molar-refractivity contribution < 1.29 is 19.1 Å². The summed E-state index contributed by atoms with van der Waals surface area (Å²) in [6, 6.07) is 3.61. The number of aliphatic hydroxyl groups is 1. The molecule has 1 amide bonds. The number of rotatable bonds is 3. The molecule has 8 nitrogen and oxygen atoms in total. The van der Waals surface area contributed by atoms with Gasteiger partial charge in [0.25, 0.3) is 5.91 Å². The van der Waals surface area contributed by atoms with Crippen LogP contribution in [0.4, 0.5) is 0 Å². The lowest BCUT2D eigenvalue weighted by Crippen LogP contribution is -2.38. The standard InChI is InChI=1S/C16H20N4O4/c21-14-10-23-9-13(14)20-8-12(17-18-20)16(22)19-5-3-11(4-6-19)15-2-1-7-24-15/h1-2,7-8,11,13-14,21H,3-6,9-10H2/t13-,14-/m1/s1. The Morgan fingerprint density at radius 3 is 2.79 bits per heavy atom. The van der Waals surface area contributed by atoms with Gasteiger partial charge in [-0.1, -0.05) is 5.21 Å². The van der Waals surface area contributed by atoms with Gasteiger partial charge in [-0.2, -0.15) is 0 Å². The molecule has 2 aromatic rings. The first kappa shape index (κ1) is 15.3. The maximum atomic E-state index is 12.6. The molecule has 0 saturated carbocycles. The second-order valence-electron chi connectivity index (χ2n) is 6.34. The Hall–Kier alpha value is -2.19. The highest BCUT2D eigenvalue weighted by molar-refractivity contribution is 5.92. The van der Waals surface area contributed by atoms with E-state index >= 15 is 0 Å². The Morgan fingerprint density at radius 2 is 2.12 bits per heavy atom. The van der Waals surface area contributed by atoms with Crippen molar-refractivity contribution in [1.82, 2.24) is 19.9 Å². The number of likely N-dealkylation sites (tertiary alicyclic amines) is 1. The monoisotopic (exact) mass is 332 g/mol. The topological polar surface area (TPSA) is 93.6 Å². The minimum Gasteiger partial charge on any atom is -0.469 e. The highest BCUT2D eigenvalue weighted by atomic mass is 16.5. The SMILES string of the molecule is O=C(c1cn([C@@H]2COC[C@H]2O)nn1)N1CCC(c2ccco2)CC1. The van der Waals surface area contributed by atoms with Crippen molar-refractivity contribution in [3.05, 3.63) is 36.0 Å². The molecule has 0 aromatic carbocycles. The Morgan fingerprint density at radius 1 is 1.29 bits per heavy atom. The minimum absolute atomic E-state index is 0.118. The normalized spacial score (nSPS) is 25.3. The van der Waals surface area contributed by atoms with Crippen molar-refractivity contribution in [3.63, 3.8) is 0 Å². The zero-order valence-corrected chi connectivity index (χ0v) is 13.2. The predicted molar refractivity (Wildman–Crippen MR) is 82.5 cm³/mol. The molecule has 0 bridgehead atoms. The van der Waals surface area contributed by atoms with Crippen LogP contribution in [0.15, 0.2) is 29.0 Å². The van der Waals surface area contributed by atoms with Crippen LogP contribution in [0.5, 0.6) is 0 Å². The number of nitrogens with zero attached hydrogens (tertiary/aromatic N) is 4. The van der Waals surface area contributed by atoms with Crippen LogP contribution in [0.1, 0.15) is 41.1 Å². The molecule has 24 heavy (non-hydrogen) atoms. The van der Waals surface area contributed by atoms with E-state index in [1.165, 1.54) is 4.68 Å². The zero-order chi connectivity index (χ0) is 16.5. The first-order valence-electron chi connectivity index (χ1n) is 8.22. The first-order valence-corrected chi connectivity index (χ1v) is 8.22. The van der Waals surface area contributed by atoms with Gasteiger partial charge in [-0.3, -0.25) is 4.79 Å². The van der Waals surface area contributed by atoms with Gasteiger partial charge in [-0.15, -0.1) is 5.10 Å². The van der Waals surface area contributed by atoms with E-state index in [-0.39, 0.29) is 18.6 Å². The van der Waals surface area contributed by atoms with Crippen molar-refractivity contribution in [2.75, 3.05) is 26.3 Å². The summed E-state index contributed by atoms with van der Waals surface area (Å²) in [6.07, 6.45) is 4.43. The highest BCUT2D eigenvalue weighted by Crippen LogP contribution is 2.28. The molecule has 128 valence electrons. The second-order valence-corrected chi connectivity index (χ2v) is 6.34. The third-order valence-electron chi connectivity index (χ3n) is 4.82. The van der Waals surface area contributed by atoms with Crippen molar-refractivity contribution >= 4 is 5.91 Å². The molecule has 2 fully saturated rings. The maximum Gasteiger partial charge on any atom is 0.276 e. The third kappa shape index (κ3) is 2.83. The van der Waals surface area contributed by atoms with Crippen molar-refractivity contribution in [2.24, 2.45) is 0 Å². The molecule has 1 N–H and O–H groups in total. The molecule has 4 heterocycles. The molecule has 0 radical (unpaired) electrons. The molecular formula is C16H20N4O4. The summed E-state index contributed by atoms with van der Waals surface area (Å²) in [5.74, 6) is 1.24. The van der Waals surface area contributed by atoms with Gasteiger partial charge in [-0.25, -0.2) is 4.68 Å². The fourth-order valence-electron chi connectivity index (χ4n) is 3.37. The van der Waals surface area contributed by atoms with E-state index in [1.54, 1.807) is 17.4 Å². The number of aromatic nitrogens is 3. The third-order valence-corrected chi connectivity index (χ3v) is 4.82. The van der Waals surface area contributed by atoms with E-state index < -0.39 is 6.10 Å². The molecule has 0 aliphatic carbocycles. The lowest BCUT2D eigenvalue weighted by Gasteiger charge is -2.30. The Labute approximate surface area is 139 Å². The molecule has 0 unspecified atom stereocenters. The summed E-state index contributed by atoms with van der Waals surface area (Å²) >= 11 is 0. The molecule has 8 heteroatoms. The predicted octanol–water partition coefficient (Wildman–Crippen LogP) is 0.823. The van der Waals surface area contributed by atoms with Crippen LogP contribution >= 0.6 is 0 Å². The van der Waals surface area contributed by atoms with Crippen LogP contribution < -0.4 is 0 Å². The lowest BCUT2D eigenvalue weighted by atomic mass is 9.94. The van der Waals surface area contributed by atoms with Gasteiger partial charge in [0.05, 0.1) is 25.7 Å². The summed E-state index contributed by atoms with van der Waals surface area (Å²) < 4.78 is 12.2. The first-order chi connectivity index (χ1) is 11.7. The summed E-state index contributed by atoms with van der Waals surface area (Å²) in [7, 11) is 0. The molecule has 2 aliphatic heterocycles. The van der Waals surface area contributed by atoms with E-state index in [2.05, 4.69) is 10.3 Å². The molecular weight excluding hydrogens is 312 g/mol. The summed E-state index contributed by atoms with van der Waals surface area (Å²) in [6.45, 7) is 2.01. The van der Waals surface area contributed by atoms with Crippen LogP contribution in [-0.4, -0.2) is 63.3 Å². The Bertz CT molecular complexity index is 691. The number of hydrogen-bond acceptors (Lipinski definition) is 6. The van der Waals surface area contributed by atoms with Crippen LogP contribution in [0, 0.1) is 0 Å². The Balaban J connectivity index is 1.39. The van der Waals surface area contributed by atoms with Gasteiger partial charge < -0.3 is 19.2 Å². The highest BCUT2D eigenvalue weighted by Gasteiger charge is 2.31. The van der Waals surface area contributed by atoms with Gasteiger partial charge >= 0.3 is 0 Å². The fraction of sp³-hybridized carbons (Fsp3) is 0.562. The van der Waals surface area contributed by atoms with Crippen molar-refractivity contribution in [3.8, 4) is 0 Å².